The number of ether oxygens (including phenoxy) is 1. The highest BCUT2D eigenvalue weighted by Crippen LogP contribution is 2.31. The molecule has 162 valence electrons. The van der Waals surface area contributed by atoms with Crippen LogP contribution in [0.25, 0.3) is 0 Å². The molecule has 2 heterocycles. The average Bonchev–Trinajstić information content (AvgIpc) is 2.73. The minimum atomic E-state index is -3.64. The molecule has 30 heavy (non-hydrogen) atoms. The van der Waals surface area contributed by atoms with Crippen LogP contribution in [0.15, 0.2) is 53.7 Å². The molecule has 3 rings (SSSR count). The van der Waals surface area contributed by atoms with Gasteiger partial charge in [0.1, 0.15) is 5.75 Å². The molecule has 2 aromatic rings. The normalized spacial score (nSPS) is 20.1. The number of benzene rings is 1. The van der Waals surface area contributed by atoms with Gasteiger partial charge in [-0.05, 0) is 68.5 Å². The maximum atomic E-state index is 12.9. The number of nitrogens with zero attached hydrogens (tertiary/aromatic N) is 2. The number of sulfonamides is 1. The van der Waals surface area contributed by atoms with Gasteiger partial charge in [-0.2, -0.15) is 4.31 Å². The highest BCUT2D eigenvalue weighted by Gasteiger charge is 2.37. The molecule has 1 aliphatic rings. The van der Waals surface area contributed by atoms with Gasteiger partial charge >= 0.3 is 0 Å². The van der Waals surface area contributed by atoms with E-state index in [1.165, 1.54) is 16.6 Å². The van der Waals surface area contributed by atoms with E-state index in [2.05, 4.69) is 10.3 Å². The van der Waals surface area contributed by atoms with Crippen molar-refractivity contribution in [2.45, 2.75) is 44.7 Å². The fourth-order valence-corrected chi connectivity index (χ4v) is 5.16. The molecule has 1 atom stereocenters. The quantitative estimate of drug-likeness (QED) is 0.728. The first-order valence-electron chi connectivity index (χ1n) is 10.2. The molecule has 1 saturated heterocycles. The molecule has 1 aromatic carbocycles. The summed E-state index contributed by atoms with van der Waals surface area (Å²) in [7, 11) is -3.64. The van der Waals surface area contributed by atoms with E-state index < -0.39 is 10.0 Å². The number of hydrogen-bond acceptors (Lipinski definition) is 5. The van der Waals surface area contributed by atoms with Crippen LogP contribution in [0.5, 0.6) is 5.75 Å². The zero-order chi connectivity index (χ0) is 21.8. The fraction of sp³-hybridized carbons (Fsp3) is 0.455. The molecular formula is C22H29N3O4S. The van der Waals surface area contributed by atoms with E-state index in [4.69, 9.17) is 4.74 Å². The molecule has 8 heteroatoms. The van der Waals surface area contributed by atoms with Crippen molar-refractivity contribution in [1.29, 1.82) is 0 Å². The molecule has 1 amide bonds. The Kier molecular flexibility index (Phi) is 6.77. The lowest BCUT2D eigenvalue weighted by Crippen LogP contribution is -2.49. The number of rotatable bonds is 7. The van der Waals surface area contributed by atoms with Crippen LogP contribution in [0.1, 0.15) is 44.0 Å². The topological polar surface area (TPSA) is 88.6 Å². The first-order valence-corrected chi connectivity index (χ1v) is 11.6. The standard InChI is InChI=1S/C22H29N3O4S/c1-17(2)29-19-10-8-18(9-11-19)21(26)24-15-22(3)12-6-14-25(16-22)30(27,28)20-7-4-5-13-23-20/h4-5,7-11,13,17H,6,12,14-16H2,1-3H3,(H,24,26). The summed E-state index contributed by atoms with van der Waals surface area (Å²) >= 11 is 0. The average molecular weight is 432 g/mol. The summed E-state index contributed by atoms with van der Waals surface area (Å²) in [5.74, 6) is 0.535. The lowest BCUT2D eigenvalue weighted by atomic mass is 9.82. The predicted octanol–water partition coefficient (Wildman–Crippen LogP) is 3.09. The zero-order valence-corrected chi connectivity index (χ0v) is 18.5. The molecule has 1 fully saturated rings. The number of carbonyl (C=O) groups excluding carboxylic acids is 1. The van der Waals surface area contributed by atoms with Crippen LogP contribution in [-0.4, -0.2) is 49.4 Å². The fourth-order valence-electron chi connectivity index (χ4n) is 3.60. The second kappa shape index (κ2) is 9.14. The van der Waals surface area contributed by atoms with Gasteiger partial charge < -0.3 is 10.1 Å². The van der Waals surface area contributed by atoms with Crippen LogP contribution in [0.3, 0.4) is 0 Å². The van der Waals surface area contributed by atoms with E-state index in [0.717, 1.165) is 18.6 Å². The largest absolute Gasteiger partial charge is 0.491 e. The predicted molar refractivity (Wildman–Crippen MR) is 115 cm³/mol. The van der Waals surface area contributed by atoms with Crippen LogP contribution < -0.4 is 10.1 Å². The number of amides is 1. The second-order valence-corrected chi connectivity index (χ2v) is 10.2. The van der Waals surface area contributed by atoms with Crippen LogP contribution in [0.4, 0.5) is 0 Å². The van der Waals surface area contributed by atoms with Gasteiger partial charge in [0, 0.05) is 31.4 Å². The van der Waals surface area contributed by atoms with Crippen molar-refractivity contribution in [2.24, 2.45) is 5.41 Å². The van der Waals surface area contributed by atoms with Gasteiger partial charge in [0.25, 0.3) is 15.9 Å². The highest BCUT2D eigenvalue weighted by molar-refractivity contribution is 7.89. The van der Waals surface area contributed by atoms with E-state index in [1.54, 1.807) is 36.4 Å². The molecule has 0 aliphatic carbocycles. The third-order valence-electron chi connectivity index (χ3n) is 5.15. The molecule has 0 spiro atoms. The Labute approximate surface area is 178 Å². The van der Waals surface area contributed by atoms with Crippen LogP contribution >= 0.6 is 0 Å². The molecular weight excluding hydrogens is 402 g/mol. The Hall–Kier alpha value is -2.45. The number of pyridine rings is 1. The molecule has 1 aliphatic heterocycles. The van der Waals surface area contributed by atoms with Gasteiger partial charge in [-0.15, -0.1) is 0 Å². The summed E-state index contributed by atoms with van der Waals surface area (Å²) in [5, 5.41) is 3.02. The summed E-state index contributed by atoms with van der Waals surface area (Å²) in [4.78, 5) is 16.6. The molecule has 1 unspecified atom stereocenters. The number of hydrogen-bond donors (Lipinski definition) is 1. The third kappa shape index (κ3) is 5.37. The van der Waals surface area contributed by atoms with Crippen molar-refractivity contribution in [1.82, 2.24) is 14.6 Å². The van der Waals surface area contributed by atoms with Crippen molar-refractivity contribution >= 4 is 15.9 Å². The van der Waals surface area contributed by atoms with Crippen molar-refractivity contribution in [3.8, 4) is 5.75 Å². The van der Waals surface area contributed by atoms with Crippen molar-refractivity contribution in [2.75, 3.05) is 19.6 Å². The maximum absolute atomic E-state index is 12.9. The second-order valence-electron chi connectivity index (χ2n) is 8.29. The SMILES string of the molecule is CC(C)Oc1ccc(C(=O)NCC2(C)CCCN(S(=O)(=O)c3ccccn3)C2)cc1. The highest BCUT2D eigenvalue weighted by atomic mass is 32.2. The third-order valence-corrected chi connectivity index (χ3v) is 6.91. The van der Waals surface area contributed by atoms with Gasteiger partial charge in [0.15, 0.2) is 5.03 Å². The summed E-state index contributed by atoms with van der Waals surface area (Å²) in [6, 6.07) is 11.9. The zero-order valence-electron chi connectivity index (χ0n) is 17.7. The Bertz CT molecular complexity index is 962. The lowest BCUT2D eigenvalue weighted by Gasteiger charge is -2.39. The van der Waals surface area contributed by atoms with Gasteiger partial charge in [-0.25, -0.2) is 13.4 Å². The minimum Gasteiger partial charge on any atom is -0.491 e. The summed E-state index contributed by atoms with van der Waals surface area (Å²) < 4.78 is 32.9. The maximum Gasteiger partial charge on any atom is 0.260 e. The van der Waals surface area contributed by atoms with E-state index in [0.29, 0.717) is 25.2 Å². The smallest absolute Gasteiger partial charge is 0.260 e. The molecule has 1 aromatic heterocycles. The number of carbonyl (C=O) groups is 1. The van der Waals surface area contributed by atoms with Crippen molar-refractivity contribution in [3.63, 3.8) is 0 Å². The van der Waals surface area contributed by atoms with Crippen LogP contribution in [0, 0.1) is 5.41 Å². The molecule has 0 saturated carbocycles. The first-order chi connectivity index (χ1) is 14.2. The Morgan fingerprint density at radius 1 is 1.23 bits per heavy atom. The summed E-state index contributed by atoms with van der Waals surface area (Å²) in [6.07, 6.45) is 3.12. The summed E-state index contributed by atoms with van der Waals surface area (Å²) in [5.41, 5.74) is 0.194. The number of piperidine rings is 1. The Morgan fingerprint density at radius 3 is 2.60 bits per heavy atom. The van der Waals surface area contributed by atoms with Gasteiger partial charge in [0.05, 0.1) is 6.10 Å². The number of nitrogens with one attached hydrogen (secondary N) is 1. The van der Waals surface area contributed by atoms with E-state index in [-0.39, 0.29) is 22.5 Å². The van der Waals surface area contributed by atoms with Crippen molar-refractivity contribution in [3.05, 3.63) is 54.2 Å². The van der Waals surface area contributed by atoms with Crippen LogP contribution in [-0.2, 0) is 10.0 Å². The van der Waals surface area contributed by atoms with Gasteiger partial charge in [-0.3, -0.25) is 4.79 Å². The van der Waals surface area contributed by atoms with Gasteiger partial charge in [0.2, 0.25) is 0 Å². The Balaban J connectivity index is 1.62. The van der Waals surface area contributed by atoms with Crippen LogP contribution in [0.2, 0.25) is 0 Å². The molecule has 1 N–H and O–H groups in total. The van der Waals surface area contributed by atoms with E-state index in [1.807, 2.05) is 20.8 Å². The summed E-state index contributed by atoms with van der Waals surface area (Å²) in [6.45, 7) is 7.09. The van der Waals surface area contributed by atoms with Crippen molar-refractivity contribution < 1.29 is 17.9 Å². The lowest BCUT2D eigenvalue weighted by molar-refractivity contribution is 0.0907. The van der Waals surface area contributed by atoms with E-state index >= 15 is 0 Å². The Morgan fingerprint density at radius 2 is 1.97 bits per heavy atom. The first kappa shape index (κ1) is 22.2. The van der Waals surface area contributed by atoms with Gasteiger partial charge in [-0.1, -0.05) is 13.0 Å². The number of aromatic nitrogens is 1. The minimum absolute atomic E-state index is 0.0574. The van der Waals surface area contributed by atoms with E-state index in [9.17, 15) is 13.2 Å². The molecule has 7 nitrogen and oxygen atoms in total. The molecule has 0 radical (unpaired) electrons. The molecule has 0 bridgehead atoms. The monoisotopic (exact) mass is 431 g/mol.